The quantitative estimate of drug-likeness (QED) is 0.630. The van der Waals surface area contributed by atoms with Crippen LogP contribution in [0.25, 0.3) is 0 Å². The summed E-state index contributed by atoms with van der Waals surface area (Å²) in [5, 5.41) is 6.57. The Bertz CT molecular complexity index is 401. The Balaban J connectivity index is 1.73. The van der Waals surface area contributed by atoms with Gasteiger partial charge in [0.15, 0.2) is 0 Å². The third-order valence-electron chi connectivity index (χ3n) is 3.78. The highest BCUT2D eigenvalue weighted by molar-refractivity contribution is 5.47. The van der Waals surface area contributed by atoms with E-state index >= 15 is 0 Å². The largest absolute Gasteiger partial charge is 0.373 e. The van der Waals surface area contributed by atoms with Crippen molar-refractivity contribution in [3.8, 4) is 0 Å². The molecule has 0 aromatic carbocycles. The van der Waals surface area contributed by atoms with Crippen LogP contribution < -0.4 is 10.6 Å². The molecule has 4 heteroatoms. The summed E-state index contributed by atoms with van der Waals surface area (Å²) in [5.41, 5.74) is 0. The van der Waals surface area contributed by atoms with Gasteiger partial charge in [-0.1, -0.05) is 39.0 Å². The first-order valence-electron chi connectivity index (χ1n) is 8.14. The van der Waals surface area contributed by atoms with E-state index in [-0.39, 0.29) is 0 Å². The predicted molar refractivity (Wildman–Crippen MR) is 85.4 cm³/mol. The van der Waals surface area contributed by atoms with Gasteiger partial charge in [0.1, 0.15) is 17.5 Å². The Morgan fingerprint density at radius 1 is 1.05 bits per heavy atom. The molecule has 0 spiro atoms. The minimum Gasteiger partial charge on any atom is -0.373 e. The summed E-state index contributed by atoms with van der Waals surface area (Å²) in [5.74, 6) is 3.49. The number of hydrogen-bond donors (Lipinski definition) is 2. The van der Waals surface area contributed by atoms with Gasteiger partial charge in [0, 0.05) is 25.6 Å². The van der Waals surface area contributed by atoms with Gasteiger partial charge in [-0.3, -0.25) is 0 Å². The van der Waals surface area contributed by atoms with E-state index < -0.39 is 0 Å². The van der Waals surface area contributed by atoms with Crippen molar-refractivity contribution in [2.24, 2.45) is 0 Å². The normalized spacial score (nSPS) is 14.3. The first kappa shape index (κ1) is 15.1. The summed E-state index contributed by atoms with van der Waals surface area (Å²) >= 11 is 0. The summed E-state index contributed by atoms with van der Waals surface area (Å²) in [6.45, 7) is 3.27. The molecule has 0 atom stereocenters. The van der Waals surface area contributed by atoms with E-state index in [4.69, 9.17) is 0 Å². The van der Waals surface area contributed by atoms with Gasteiger partial charge in [-0.2, -0.15) is 0 Å². The zero-order valence-corrected chi connectivity index (χ0v) is 12.9. The van der Waals surface area contributed by atoms with Crippen molar-refractivity contribution in [2.75, 3.05) is 24.2 Å². The predicted octanol–water partition coefficient (Wildman–Crippen LogP) is 4.17. The van der Waals surface area contributed by atoms with E-state index in [1.165, 1.54) is 51.4 Å². The lowest BCUT2D eigenvalue weighted by atomic mass is 10.1. The fourth-order valence-electron chi connectivity index (χ4n) is 2.33. The molecule has 0 saturated heterocycles. The third-order valence-corrected chi connectivity index (χ3v) is 3.78. The molecule has 0 amide bonds. The van der Waals surface area contributed by atoms with Crippen LogP contribution >= 0.6 is 0 Å². The maximum Gasteiger partial charge on any atom is 0.136 e. The Hall–Kier alpha value is -1.32. The number of nitrogens with zero attached hydrogens (tertiary/aromatic N) is 2. The van der Waals surface area contributed by atoms with Crippen molar-refractivity contribution in [1.82, 2.24) is 9.97 Å². The van der Waals surface area contributed by atoms with Crippen LogP contribution in [0.3, 0.4) is 0 Å². The molecule has 0 bridgehead atoms. The van der Waals surface area contributed by atoms with Crippen LogP contribution in [0.4, 0.5) is 11.6 Å². The summed E-state index contributed by atoms with van der Waals surface area (Å²) < 4.78 is 0. The smallest absolute Gasteiger partial charge is 0.136 e. The van der Waals surface area contributed by atoms with Crippen molar-refractivity contribution in [2.45, 2.75) is 64.2 Å². The van der Waals surface area contributed by atoms with Gasteiger partial charge in [0.25, 0.3) is 0 Å². The maximum atomic E-state index is 4.63. The highest BCUT2D eigenvalue weighted by Crippen LogP contribution is 2.38. The van der Waals surface area contributed by atoms with Crippen molar-refractivity contribution < 1.29 is 0 Å². The molecule has 1 fully saturated rings. The minimum atomic E-state index is 0.595. The molecule has 1 aliphatic carbocycles. The van der Waals surface area contributed by atoms with Gasteiger partial charge >= 0.3 is 0 Å². The van der Waals surface area contributed by atoms with Crippen LogP contribution in [0.15, 0.2) is 6.07 Å². The molecule has 0 unspecified atom stereocenters. The average Bonchev–Trinajstić information content (AvgIpc) is 3.30. The van der Waals surface area contributed by atoms with E-state index in [9.17, 15) is 0 Å². The summed E-state index contributed by atoms with van der Waals surface area (Å²) in [7, 11) is 1.91. The van der Waals surface area contributed by atoms with Gasteiger partial charge in [0.2, 0.25) is 0 Å². The van der Waals surface area contributed by atoms with Gasteiger partial charge in [-0.25, -0.2) is 9.97 Å². The van der Waals surface area contributed by atoms with Crippen LogP contribution in [-0.4, -0.2) is 23.6 Å². The fraction of sp³-hybridized carbons (Fsp3) is 0.750. The lowest BCUT2D eigenvalue weighted by Crippen LogP contribution is -2.07. The van der Waals surface area contributed by atoms with Gasteiger partial charge in [-0.15, -0.1) is 0 Å². The molecule has 0 radical (unpaired) electrons. The molecule has 112 valence electrons. The molecule has 4 nitrogen and oxygen atoms in total. The molecule has 20 heavy (non-hydrogen) atoms. The van der Waals surface area contributed by atoms with E-state index in [2.05, 4.69) is 27.5 Å². The first-order chi connectivity index (χ1) is 9.83. The molecule has 1 aromatic heterocycles. The standard InChI is InChI=1S/C16H28N4/c1-3-4-5-6-7-8-11-18-15-12-14(17-2)19-16(20-15)13-9-10-13/h12-13H,3-11H2,1-2H3,(H2,17,18,19,20). The number of aromatic nitrogens is 2. The number of nitrogens with one attached hydrogen (secondary N) is 2. The average molecular weight is 276 g/mol. The lowest BCUT2D eigenvalue weighted by Gasteiger charge is -2.09. The SMILES string of the molecule is CCCCCCCCNc1cc(NC)nc(C2CC2)n1. The maximum absolute atomic E-state index is 4.63. The molecule has 2 N–H and O–H groups in total. The molecule has 1 aliphatic rings. The van der Waals surface area contributed by atoms with Gasteiger partial charge in [0.05, 0.1) is 0 Å². The topological polar surface area (TPSA) is 49.8 Å². The molecule has 0 aliphatic heterocycles. The highest BCUT2D eigenvalue weighted by atomic mass is 15.1. The van der Waals surface area contributed by atoms with E-state index in [0.29, 0.717) is 5.92 Å². The summed E-state index contributed by atoms with van der Waals surface area (Å²) in [6, 6.07) is 2.00. The zero-order chi connectivity index (χ0) is 14.2. The van der Waals surface area contributed by atoms with Crippen molar-refractivity contribution in [3.63, 3.8) is 0 Å². The molecule has 2 rings (SSSR count). The van der Waals surface area contributed by atoms with Crippen molar-refractivity contribution >= 4 is 11.6 Å². The van der Waals surface area contributed by atoms with Crippen LogP contribution in [-0.2, 0) is 0 Å². The van der Waals surface area contributed by atoms with Gasteiger partial charge < -0.3 is 10.6 Å². The van der Waals surface area contributed by atoms with Crippen LogP contribution in [0, 0.1) is 0 Å². The van der Waals surface area contributed by atoms with E-state index in [1.54, 1.807) is 0 Å². The van der Waals surface area contributed by atoms with E-state index in [1.807, 2.05) is 13.1 Å². The molecule has 1 aromatic rings. The number of rotatable bonds is 10. The first-order valence-corrected chi connectivity index (χ1v) is 8.14. The van der Waals surface area contributed by atoms with Crippen LogP contribution in [0.2, 0.25) is 0 Å². The summed E-state index contributed by atoms with van der Waals surface area (Å²) in [6.07, 6.45) is 10.4. The van der Waals surface area contributed by atoms with Crippen LogP contribution in [0.1, 0.15) is 70.0 Å². The molecular formula is C16H28N4. The second-order valence-electron chi connectivity index (χ2n) is 5.72. The molecule has 1 saturated carbocycles. The number of hydrogen-bond acceptors (Lipinski definition) is 4. The third kappa shape index (κ3) is 4.99. The lowest BCUT2D eigenvalue weighted by molar-refractivity contribution is 0.616. The second kappa shape index (κ2) is 8.08. The summed E-state index contributed by atoms with van der Waals surface area (Å²) in [4.78, 5) is 9.16. The van der Waals surface area contributed by atoms with E-state index in [0.717, 1.165) is 24.0 Å². The minimum absolute atomic E-state index is 0.595. The zero-order valence-electron chi connectivity index (χ0n) is 12.9. The Morgan fingerprint density at radius 2 is 1.75 bits per heavy atom. The van der Waals surface area contributed by atoms with Crippen molar-refractivity contribution in [1.29, 1.82) is 0 Å². The highest BCUT2D eigenvalue weighted by Gasteiger charge is 2.27. The van der Waals surface area contributed by atoms with Crippen molar-refractivity contribution in [3.05, 3.63) is 11.9 Å². The number of unbranched alkanes of at least 4 members (excludes halogenated alkanes) is 5. The van der Waals surface area contributed by atoms with Gasteiger partial charge in [-0.05, 0) is 19.3 Å². The van der Waals surface area contributed by atoms with Crippen LogP contribution in [0.5, 0.6) is 0 Å². The fourth-order valence-corrected chi connectivity index (χ4v) is 2.33. The Labute approximate surface area is 122 Å². The molecule has 1 heterocycles. The second-order valence-corrected chi connectivity index (χ2v) is 5.72. The Morgan fingerprint density at radius 3 is 2.45 bits per heavy atom. The Kier molecular flexibility index (Phi) is 6.09. The molecular weight excluding hydrogens is 248 g/mol. The monoisotopic (exact) mass is 276 g/mol. The number of anilines is 2.